The predicted octanol–water partition coefficient (Wildman–Crippen LogP) is 6.24. The van der Waals surface area contributed by atoms with Gasteiger partial charge in [0.05, 0.1) is 48.5 Å². The third-order valence-corrected chi connectivity index (χ3v) is 5.80. The summed E-state index contributed by atoms with van der Waals surface area (Å²) in [5, 5.41) is 4.08. The Bertz CT molecular complexity index is 1280. The highest BCUT2D eigenvalue weighted by Gasteiger charge is 2.21. The van der Waals surface area contributed by atoms with Gasteiger partial charge in [-0.3, -0.25) is 0 Å². The number of nitrogens with zero attached hydrogens (tertiary/aromatic N) is 4. The summed E-state index contributed by atoms with van der Waals surface area (Å²) in [4.78, 5) is 11.5. The van der Waals surface area contributed by atoms with Crippen molar-refractivity contribution in [3.8, 4) is 11.6 Å². The zero-order valence-corrected chi connectivity index (χ0v) is 20.4. The van der Waals surface area contributed by atoms with Gasteiger partial charge in [-0.05, 0) is 50.6 Å². The summed E-state index contributed by atoms with van der Waals surface area (Å²) in [6.45, 7) is 6.29. The third kappa shape index (κ3) is 4.28. The summed E-state index contributed by atoms with van der Waals surface area (Å²) in [5.41, 5.74) is 5.72. The van der Waals surface area contributed by atoms with Crippen LogP contribution in [0.2, 0.25) is 5.02 Å². The van der Waals surface area contributed by atoms with E-state index in [2.05, 4.69) is 39.7 Å². The van der Waals surface area contributed by atoms with Crippen LogP contribution in [0.3, 0.4) is 0 Å². The Morgan fingerprint density at radius 1 is 1.09 bits per heavy atom. The number of fused-ring (bicyclic) bond motifs is 1. The first kappa shape index (κ1) is 22.7. The number of para-hydroxylation sites is 1. The van der Waals surface area contributed by atoms with Crippen LogP contribution in [0.4, 0.5) is 23.0 Å². The van der Waals surface area contributed by atoms with E-state index in [1.165, 1.54) is 0 Å². The Balaban J connectivity index is 1.82. The van der Waals surface area contributed by atoms with Crippen molar-refractivity contribution in [2.75, 3.05) is 24.4 Å². The molecular formula is C25H28ClN5O2. The standard InChI is InChI=1S/C25H28ClN5O2/c1-15(2)31(18-10-11-22(33-6)27-14-18)20-9-7-8-19-24(20)30(4)25(28-19)29-23-16(3)12-17(26)13-21(23)32-5/h7-15H,1-6H3,(H,28,29). The number of methoxy groups -OCH3 is 2. The van der Waals surface area contributed by atoms with Gasteiger partial charge in [-0.1, -0.05) is 17.7 Å². The van der Waals surface area contributed by atoms with Crippen molar-refractivity contribution in [2.45, 2.75) is 26.8 Å². The largest absolute Gasteiger partial charge is 0.495 e. The molecule has 0 atom stereocenters. The molecule has 2 aromatic carbocycles. The first-order valence-electron chi connectivity index (χ1n) is 10.7. The number of pyridine rings is 1. The van der Waals surface area contributed by atoms with Crippen LogP contribution in [0.15, 0.2) is 48.7 Å². The van der Waals surface area contributed by atoms with Gasteiger partial charge in [0.1, 0.15) is 5.75 Å². The SMILES string of the molecule is COc1ccc(N(c2cccc3nc(Nc4c(C)cc(Cl)cc4OC)n(C)c23)C(C)C)cn1. The minimum atomic E-state index is 0.190. The maximum absolute atomic E-state index is 6.21. The molecule has 1 N–H and O–H groups in total. The topological polar surface area (TPSA) is 64.4 Å². The third-order valence-electron chi connectivity index (χ3n) is 5.58. The minimum absolute atomic E-state index is 0.190. The summed E-state index contributed by atoms with van der Waals surface area (Å²) < 4.78 is 12.8. The monoisotopic (exact) mass is 465 g/mol. The Hall–Kier alpha value is -3.45. The Morgan fingerprint density at radius 2 is 1.88 bits per heavy atom. The summed E-state index contributed by atoms with van der Waals surface area (Å²) in [6, 6.07) is 13.9. The van der Waals surface area contributed by atoms with Crippen LogP contribution in [-0.4, -0.2) is 34.8 Å². The molecule has 172 valence electrons. The first-order chi connectivity index (χ1) is 15.8. The zero-order valence-electron chi connectivity index (χ0n) is 19.7. The van der Waals surface area contributed by atoms with E-state index >= 15 is 0 Å². The van der Waals surface area contributed by atoms with E-state index in [0.29, 0.717) is 22.6 Å². The second kappa shape index (κ2) is 9.19. The molecule has 0 radical (unpaired) electrons. The van der Waals surface area contributed by atoms with Gasteiger partial charge in [0, 0.05) is 30.2 Å². The molecule has 2 heterocycles. The first-order valence-corrected chi connectivity index (χ1v) is 11.1. The van der Waals surface area contributed by atoms with Crippen molar-refractivity contribution < 1.29 is 9.47 Å². The second-order valence-electron chi connectivity index (χ2n) is 8.09. The molecule has 0 saturated heterocycles. The lowest BCUT2D eigenvalue weighted by Gasteiger charge is -2.29. The summed E-state index contributed by atoms with van der Waals surface area (Å²) >= 11 is 6.21. The van der Waals surface area contributed by atoms with Crippen LogP contribution >= 0.6 is 11.6 Å². The molecule has 4 aromatic rings. The van der Waals surface area contributed by atoms with Crippen molar-refractivity contribution in [3.63, 3.8) is 0 Å². The molecule has 7 nitrogen and oxygen atoms in total. The number of benzene rings is 2. The fraction of sp³-hybridized carbons (Fsp3) is 0.280. The number of halogens is 1. The predicted molar refractivity (Wildman–Crippen MR) is 135 cm³/mol. The van der Waals surface area contributed by atoms with E-state index in [0.717, 1.165) is 33.7 Å². The van der Waals surface area contributed by atoms with Crippen molar-refractivity contribution in [1.82, 2.24) is 14.5 Å². The van der Waals surface area contributed by atoms with E-state index < -0.39 is 0 Å². The molecule has 0 unspecified atom stereocenters. The number of hydrogen-bond acceptors (Lipinski definition) is 6. The van der Waals surface area contributed by atoms with Crippen molar-refractivity contribution >= 4 is 45.6 Å². The van der Waals surface area contributed by atoms with Crippen LogP contribution in [-0.2, 0) is 7.05 Å². The van der Waals surface area contributed by atoms with Crippen molar-refractivity contribution in [1.29, 1.82) is 0 Å². The molecule has 2 aromatic heterocycles. The fourth-order valence-corrected chi connectivity index (χ4v) is 4.31. The lowest BCUT2D eigenvalue weighted by atomic mass is 10.2. The van der Waals surface area contributed by atoms with E-state index in [-0.39, 0.29) is 6.04 Å². The smallest absolute Gasteiger partial charge is 0.213 e. The molecule has 0 bridgehead atoms. The summed E-state index contributed by atoms with van der Waals surface area (Å²) in [5.74, 6) is 1.96. The van der Waals surface area contributed by atoms with Crippen LogP contribution in [0.1, 0.15) is 19.4 Å². The molecule has 4 rings (SSSR count). The minimum Gasteiger partial charge on any atom is -0.495 e. The van der Waals surface area contributed by atoms with Crippen molar-refractivity contribution in [2.24, 2.45) is 7.05 Å². The van der Waals surface area contributed by atoms with Gasteiger partial charge >= 0.3 is 0 Å². The number of anilines is 4. The molecule has 0 fully saturated rings. The summed E-state index contributed by atoms with van der Waals surface area (Å²) in [6.07, 6.45) is 1.83. The molecule has 8 heteroatoms. The van der Waals surface area contributed by atoms with Gasteiger partial charge in [-0.15, -0.1) is 0 Å². The number of imidazole rings is 1. The molecule has 0 aliphatic rings. The number of aryl methyl sites for hydroxylation is 2. The fourth-order valence-electron chi connectivity index (χ4n) is 4.05. The molecule has 0 aliphatic heterocycles. The Morgan fingerprint density at radius 3 is 2.52 bits per heavy atom. The maximum Gasteiger partial charge on any atom is 0.213 e. The van der Waals surface area contributed by atoms with Gasteiger partial charge in [0.25, 0.3) is 0 Å². The highest BCUT2D eigenvalue weighted by Crippen LogP contribution is 2.38. The average Bonchev–Trinajstić information content (AvgIpc) is 3.11. The van der Waals surface area contributed by atoms with Gasteiger partial charge in [-0.25, -0.2) is 9.97 Å². The second-order valence-corrected chi connectivity index (χ2v) is 8.52. The van der Waals surface area contributed by atoms with Gasteiger partial charge in [0.2, 0.25) is 11.8 Å². The van der Waals surface area contributed by atoms with Crippen LogP contribution < -0.4 is 19.7 Å². The Kier molecular flexibility index (Phi) is 6.33. The lowest BCUT2D eigenvalue weighted by Crippen LogP contribution is -2.26. The van der Waals surface area contributed by atoms with Crippen LogP contribution in [0.5, 0.6) is 11.6 Å². The lowest BCUT2D eigenvalue weighted by molar-refractivity contribution is 0.398. The molecule has 0 spiro atoms. The Labute approximate surface area is 198 Å². The van der Waals surface area contributed by atoms with Crippen LogP contribution in [0, 0.1) is 6.92 Å². The summed E-state index contributed by atoms with van der Waals surface area (Å²) in [7, 11) is 5.25. The maximum atomic E-state index is 6.21. The number of nitrogens with one attached hydrogen (secondary N) is 1. The zero-order chi connectivity index (χ0) is 23.7. The van der Waals surface area contributed by atoms with Crippen molar-refractivity contribution in [3.05, 3.63) is 59.2 Å². The number of hydrogen-bond donors (Lipinski definition) is 1. The van der Waals surface area contributed by atoms with E-state index in [4.69, 9.17) is 26.1 Å². The molecular weight excluding hydrogens is 438 g/mol. The molecule has 0 saturated carbocycles. The molecule has 0 aliphatic carbocycles. The highest BCUT2D eigenvalue weighted by atomic mass is 35.5. The number of aromatic nitrogens is 3. The average molecular weight is 466 g/mol. The van der Waals surface area contributed by atoms with E-state index in [1.807, 2.05) is 50.5 Å². The number of rotatable bonds is 7. The van der Waals surface area contributed by atoms with Crippen LogP contribution in [0.25, 0.3) is 11.0 Å². The molecule has 33 heavy (non-hydrogen) atoms. The van der Waals surface area contributed by atoms with E-state index in [1.54, 1.807) is 20.3 Å². The van der Waals surface area contributed by atoms with Gasteiger partial charge in [-0.2, -0.15) is 0 Å². The van der Waals surface area contributed by atoms with Gasteiger partial charge < -0.3 is 24.3 Å². The normalized spacial score (nSPS) is 11.2. The molecule has 0 amide bonds. The number of ether oxygens (including phenoxy) is 2. The van der Waals surface area contributed by atoms with Gasteiger partial charge in [0.15, 0.2) is 0 Å². The highest BCUT2D eigenvalue weighted by molar-refractivity contribution is 6.31. The van der Waals surface area contributed by atoms with E-state index in [9.17, 15) is 0 Å². The quantitative estimate of drug-likeness (QED) is 0.348.